The summed E-state index contributed by atoms with van der Waals surface area (Å²) in [6, 6.07) is 2.09. The third-order valence-electron chi connectivity index (χ3n) is 4.18. The Hall–Kier alpha value is -2.23. The number of methoxy groups -OCH3 is 1. The van der Waals surface area contributed by atoms with Crippen LogP contribution in [0.15, 0.2) is 23.0 Å². The first-order valence-electron chi connectivity index (χ1n) is 8.43. The van der Waals surface area contributed by atoms with Crippen LogP contribution < -0.4 is 5.32 Å². The lowest BCUT2D eigenvalue weighted by atomic mass is 10.3. The molecule has 9 nitrogen and oxygen atoms in total. The van der Waals surface area contributed by atoms with Crippen molar-refractivity contribution in [3.8, 4) is 11.5 Å². The molecule has 10 heteroatoms. The molecule has 0 fully saturated rings. The molecule has 0 aromatic carbocycles. The zero-order chi connectivity index (χ0) is 17.1. The summed E-state index contributed by atoms with van der Waals surface area (Å²) in [5, 5.41) is 12.1. The van der Waals surface area contributed by atoms with Crippen LogP contribution in [0.3, 0.4) is 0 Å². The molecule has 26 heavy (non-hydrogen) atoms. The van der Waals surface area contributed by atoms with Crippen LogP contribution in [0, 0.1) is 0 Å². The largest absolute Gasteiger partial charge is 0.384 e. The molecule has 4 rings (SSSR count). The van der Waals surface area contributed by atoms with E-state index in [1.165, 1.54) is 5.69 Å². The zero-order valence-corrected chi connectivity index (χ0v) is 15.4. The minimum atomic E-state index is 0. The van der Waals surface area contributed by atoms with Gasteiger partial charge in [-0.05, 0) is 19.0 Å². The van der Waals surface area contributed by atoms with Gasteiger partial charge in [-0.15, -0.1) is 12.4 Å². The lowest BCUT2D eigenvalue weighted by molar-refractivity contribution is 0.192. The van der Waals surface area contributed by atoms with Crippen molar-refractivity contribution in [1.82, 2.24) is 34.8 Å². The van der Waals surface area contributed by atoms with Crippen LogP contribution in [0.5, 0.6) is 0 Å². The minimum absolute atomic E-state index is 0. The van der Waals surface area contributed by atoms with E-state index in [0.29, 0.717) is 31.3 Å². The summed E-state index contributed by atoms with van der Waals surface area (Å²) in [4.78, 5) is 8.86. The van der Waals surface area contributed by atoms with E-state index in [4.69, 9.17) is 14.4 Å². The van der Waals surface area contributed by atoms with Gasteiger partial charge in [0, 0.05) is 32.6 Å². The monoisotopic (exact) mass is 379 g/mol. The van der Waals surface area contributed by atoms with Gasteiger partial charge in [0.25, 0.3) is 0 Å². The molecule has 1 aliphatic heterocycles. The molecule has 0 saturated carbocycles. The van der Waals surface area contributed by atoms with Crippen LogP contribution in [0.25, 0.3) is 11.5 Å². The lowest BCUT2D eigenvalue weighted by Gasteiger charge is -2.03. The number of rotatable bonds is 6. The van der Waals surface area contributed by atoms with E-state index in [-0.39, 0.29) is 12.4 Å². The topological polar surface area (TPSA) is 95.8 Å². The molecule has 0 saturated heterocycles. The van der Waals surface area contributed by atoms with E-state index >= 15 is 0 Å². The van der Waals surface area contributed by atoms with E-state index in [1.54, 1.807) is 13.3 Å². The molecule has 3 aromatic rings. The molecule has 3 aromatic heterocycles. The Balaban J connectivity index is 0.00000196. The number of ether oxygens (including phenoxy) is 1. The normalized spacial score (nSPS) is 13.9. The standard InChI is InChI=1S/C16H21N7O2.ClH/c1-24-8-3-15-19-14(21-25-15)11-22-7-5-18-16(22)13-9-12-10-17-4-2-6-23(12)20-13;/h5,7,9,17H,2-4,6,8,10-11H2,1H3;1H. The molecule has 0 amide bonds. The highest BCUT2D eigenvalue weighted by Gasteiger charge is 2.16. The third kappa shape index (κ3) is 3.95. The van der Waals surface area contributed by atoms with Crippen LogP contribution in [-0.4, -0.2) is 49.7 Å². The second-order valence-electron chi connectivity index (χ2n) is 6.00. The summed E-state index contributed by atoms with van der Waals surface area (Å²) < 4.78 is 14.3. The Labute approximate surface area is 157 Å². The molecule has 1 N–H and O–H groups in total. The second-order valence-corrected chi connectivity index (χ2v) is 6.00. The molecule has 140 valence electrons. The van der Waals surface area contributed by atoms with Gasteiger partial charge < -0.3 is 19.1 Å². The summed E-state index contributed by atoms with van der Waals surface area (Å²) >= 11 is 0. The van der Waals surface area contributed by atoms with Gasteiger partial charge in [0.15, 0.2) is 11.6 Å². The summed E-state index contributed by atoms with van der Waals surface area (Å²) in [7, 11) is 1.65. The van der Waals surface area contributed by atoms with Gasteiger partial charge >= 0.3 is 0 Å². The van der Waals surface area contributed by atoms with E-state index in [9.17, 15) is 0 Å². The number of nitrogens with zero attached hydrogens (tertiary/aromatic N) is 6. The van der Waals surface area contributed by atoms with Crippen molar-refractivity contribution in [3.63, 3.8) is 0 Å². The van der Waals surface area contributed by atoms with E-state index in [0.717, 1.165) is 37.6 Å². The van der Waals surface area contributed by atoms with E-state index in [1.807, 2.05) is 10.8 Å². The molecule has 0 unspecified atom stereocenters. The van der Waals surface area contributed by atoms with Crippen LogP contribution in [0.2, 0.25) is 0 Å². The van der Waals surface area contributed by atoms with Gasteiger partial charge in [-0.3, -0.25) is 4.68 Å². The Bertz CT molecular complexity index is 818. The Kier molecular flexibility index (Phi) is 6.02. The quantitative estimate of drug-likeness (QED) is 0.689. The zero-order valence-electron chi connectivity index (χ0n) is 14.6. The SMILES string of the molecule is COCCc1nc(Cn2ccnc2-c2cc3n(n2)CCCNC3)no1.Cl. The van der Waals surface area contributed by atoms with Gasteiger partial charge in [-0.2, -0.15) is 10.1 Å². The first-order valence-corrected chi connectivity index (χ1v) is 8.43. The van der Waals surface area contributed by atoms with E-state index < -0.39 is 0 Å². The van der Waals surface area contributed by atoms with Crippen molar-refractivity contribution in [2.75, 3.05) is 20.3 Å². The van der Waals surface area contributed by atoms with Crippen molar-refractivity contribution < 1.29 is 9.26 Å². The predicted octanol–water partition coefficient (Wildman–Crippen LogP) is 1.28. The average Bonchev–Trinajstić information content (AvgIpc) is 3.32. The van der Waals surface area contributed by atoms with E-state index in [2.05, 4.69) is 31.2 Å². The first kappa shape index (κ1) is 18.6. The highest BCUT2D eigenvalue weighted by atomic mass is 35.5. The number of hydrogen-bond acceptors (Lipinski definition) is 7. The maximum absolute atomic E-state index is 5.24. The molecule has 0 atom stereocenters. The molecule has 1 aliphatic rings. The highest BCUT2D eigenvalue weighted by molar-refractivity contribution is 5.85. The smallest absolute Gasteiger partial charge is 0.229 e. The molecule has 0 bridgehead atoms. The number of fused-ring (bicyclic) bond motifs is 1. The number of imidazole rings is 1. The highest BCUT2D eigenvalue weighted by Crippen LogP contribution is 2.19. The predicted molar refractivity (Wildman–Crippen MR) is 96.0 cm³/mol. The summed E-state index contributed by atoms with van der Waals surface area (Å²) in [6.07, 6.45) is 5.37. The van der Waals surface area contributed by atoms with Gasteiger partial charge in [0.05, 0.1) is 25.3 Å². The van der Waals surface area contributed by atoms with Crippen molar-refractivity contribution in [3.05, 3.63) is 35.9 Å². The van der Waals surface area contributed by atoms with Crippen molar-refractivity contribution in [1.29, 1.82) is 0 Å². The molecule has 0 spiro atoms. The number of halogens is 1. The number of nitrogens with one attached hydrogen (secondary N) is 1. The maximum Gasteiger partial charge on any atom is 0.229 e. The van der Waals surface area contributed by atoms with Gasteiger partial charge in [0.2, 0.25) is 5.89 Å². The van der Waals surface area contributed by atoms with Crippen LogP contribution >= 0.6 is 12.4 Å². The Morgan fingerprint density at radius 2 is 2.31 bits per heavy atom. The summed E-state index contributed by atoms with van der Waals surface area (Å²) in [6.45, 7) is 3.84. The minimum Gasteiger partial charge on any atom is -0.384 e. The van der Waals surface area contributed by atoms with Gasteiger partial charge in [-0.1, -0.05) is 5.16 Å². The molecular formula is C16H22ClN7O2. The number of hydrogen-bond donors (Lipinski definition) is 1. The molecule has 0 aliphatic carbocycles. The Morgan fingerprint density at radius 3 is 3.19 bits per heavy atom. The molecule has 0 radical (unpaired) electrons. The van der Waals surface area contributed by atoms with Crippen LogP contribution in [-0.2, 0) is 30.8 Å². The van der Waals surface area contributed by atoms with Gasteiger partial charge in [-0.25, -0.2) is 4.98 Å². The Morgan fingerprint density at radius 1 is 1.38 bits per heavy atom. The van der Waals surface area contributed by atoms with Gasteiger partial charge in [0.1, 0.15) is 5.69 Å². The first-order chi connectivity index (χ1) is 12.3. The maximum atomic E-state index is 5.24. The third-order valence-corrected chi connectivity index (χ3v) is 4.18. The summed E-state index contributed by atoms with van der Waals surface area (Å²) in [5.74, 6) is 2.01. The fourth-order valence-corrected chi connectivity index (χ4v) is 2.94. The average molecular weight is 380 g/mol. The van der Waals surface area contributed by atoms with Crippen molar-refractivity contribution >= 4 is 12.4 Å². The summed E-state index contributed by atoms with van der Waals surface area (Å²) in [5.41, 5.74) is 2.05. The molecular weight excluding hydrogens is 358 g/mol. The van der Waals surface area contributed by atoms with Crippen LogP contribution in [0.4, 0.5) is 0 Å². The fraction of sp³-hybridized carbons (Fsp3) is 0.500. The number of aryl methyl sites for hydroxylation is 1. The van der Waals surface area contributed by atoms with Crippen molar-refractivity contribution in [2.24, 2.45) is 0 Å². The second kappa shape index (κ2) is 8.43. The fourth-order valence-electron chi connectivity index (χ4n) is 2.94. The number of aromatic nitrogens is 6. The van der Waals surface area contributed by atoms with Crippen LogP contribution in [0.1, 0.15) is 23.8 Å². The van der Waals surface area contributed by atoms with Crippen molar-refractivity contribution in [2.45, 2.75) is 32.5 Å². The lowest BCUT2D eigenvalue weighted by Crippen LogP contribution is -2.11. The molecule has 4 heterocycles.